The van der Waals surface area contributed by atoms with Crippen LogP contribution >= 0.6 is 0 Å². The molecule has 0 bridgehead atoms. The van der Waals surface area contributed by atoms with Gasteiger partial charge in [0.25, 0.3) is 5.91 Å². The molecule has 2 aromatic rings. The van der Waals surface area contributed by atoms with Gasteiger partial charge in [-0.3, -0.25) is 9.69 Å². The van der Waals surface area contributed by atoms with Crippen molar-refractivity contribution in [3.05, 3.63) is 41.3 Å². The van der Waals surface area contributed by atoms with Crippen molar-refractivity contribution in [1.29, 1.82) is 0 Å². The number of hydrogen-bond acceptors (Lipinski definition) is 9. The van der Waals surface area contributed by atoms with E-state index in [0.717, 1.165) is 50.7 Å². The molecule has 0 aliphatic carbocycles. The number of carbonyl (C=O) groups is 1. The molecule has 1 aromatic carbocycles. The van der Waals surface area contributed by atoms with E-state index in [1.54, 1.807) is 18.2 Å². The van der Waals surface area contributed by atoms with Crippen LogP contribution in [0.15, 0.2) is 28.8 Å². The molecule has 3 atom stereocenters. The van der Waals surface area contributed by atoms with Gasteiger partial charge in [-0.2, -0.15) is 0 Å². The molecule has 2 saturated heterocycles. The Labute approximate surface area is 191 Å². The summed E-state index contributed by atoms with van der Waals surface area (Å²) in [7, 11) is 0. The van der Waals surface area contributed by atoms with Gasteiger partial charge in [-0.1, -0.05) is 5.16 Å². The maximum Gasteiger partial charge on any atom is 0.251 e. The Hall–Kier alpha value is -2.66. The monoisotopic (exact) mass is 459 g/mol. The minimum Gasteiger partial charge on any atom is -0.454 e. The van der Waals surface area contributed by atoms with Crippen LogP contribution < -0.4 is 14.8 Å². The molecule has 2 N–H and O–H groups in total. The van der Waals surface area contributed by atoms with Crippen molar-refractivity contribution in [3.8, 4) is 11.5 Å². The fourth-order valence-electron chi connectivity index (χ4n) is 4.36. The number of aliphatic hydroxyl groups is 1. The van der Waals surface area contributed by atoms with Crippen LogP contribution in [-0.2, 0) is 22.4 Å². The second-order valence-corrected chi connectivity index (χ2v) is 8.60. The summed E-state index contributed by atoms with van der Waals surface area (Å²) in [6, 6.07) is 7.02. The summed E-state index contributed by atoms with van der Waals surface area (Å²) in [4.78, 5) is 14.8. The normalized spacial score (nSPS) is 25.2. The van der Waals surface area contributed by atoms with Crippen molar-refractivity contribution in [2.24, 2.45) is 0 Å². The molecular weight excluding hydrogens is 430 g/mol. The van der Waals surface area contributed by atoms with Crippen molar-refractivity contribution >= 4 is 5.91 Å². The standard InChI is InChI=1S/C23H29N3O7/c27-19-3-2-17(10-16-11-18(33-25-16)13-26-5-7-29-8-6-26)32-22(19)12-24-23(28)15-1-4-20-21(9-15)31-14-30-20/h1,4,9,11,17,19,22,27H,2-3,5-8,10,12-14H2,(H,24,28)/t17-,19-,22+/m0/s1. The van der Waals surface area contributed by atoms with E-state index >= 15 is 0 Å². The Morgan fingerprint density at radius 2 is 2.00 bits per heavy atom. The average Bonchev–Trinajstić information content (AvgIpc) is 3.48. The van der Waals surface area contributed by atoms with E-state index in [2.05, 4.69) is 15.4 Å². The Balaban J connectivity index is 1.12. The molecule has 178 valence electrons. The smallest absolute Gasteiger partial charge is 0.251 e. The number of aromatic nitrogens is 1. The predicted octanol–water partition coefficient (Wildman–Crippen LogP) is 1.12. The highest BCUT2D eigenvalue weighted by atomic mass is 16.7. The molecule has 5 rings (SSSR count). The third-order valence-electron chi connectivity index (χ3n) is 6.21. The van der Waals surface area contributed by atoms with Crippen LogP contribution in [0.2, 0.25) is 0 Å². The lowest BCUT2D eigenvalue weighted by atomic mass is 9.98. The van der Waals surface area contributed by atoms with Gasteiger partial charge in [0.2, 0.25) is 6.79 Å². The minimum absolute atomic E-state index is 0.0952. The zero-order valence-electron chi connectivity index (χ0n) is 18.4. The first-order chi connectivity index (χ1) is 16.1. The second-order valence-electron chi connectivity index (χ2n) is 8.60. The number of amides is 1. The summed E-state index contributed by atoms with van der Waals surface area (Å²) in [5, 5.41) is 17.4. The number of aliphatic hydroxyl groups excluding tert-OH is 1. The van der Waals surface area contributed by atoms with E-state index in [0.29, 0.717) is 29.9 Å². The van der Waals surface area contributed by atoms with Crippen molar-refractivity contribution in [2.75, 3.05) is 39.6 Å². The van der Waals surface area contributed by atoms with Crippen LogP contribution in [0.1, 0.15) is 34.7 Å². The Bertz CT molecular complexity index is 959. The fourth-order valence-corrected chi connectivity index (χ4v) is 4.36. The molecule has 0 spiro atoms. The molecule has 1 amide bonds. The van der Waals surface area contributed by atoms with E-state index < -0.39 is 12.2 Å². The lowest BCUT2D eigenvalue weighted by molar-refractivity contribution is -0.114. The van der Waals surface area contributed by atoms with Crippen molar-refractivity contribution in [1.82, 2.24) is 15.4 Å². The maximum absolute atomic E-state index is 12.6. The number of fused-ring (bicyclic) bond motifs is 1. The van der Waals surface area contributed by atoms with E-state index in [-0.39, 0.29) is 25.3 Å². The SMILES string of the molecule is O=C(NC[C@H]1O[C@H](Cc2cc(CN3CCOCC3)on2)CC[C@@H]1O)c1ccc2c(c1)OCO2. The Morgan fingerprint density at radius 3 is 2.88 bits per heavy atom. The molecule has 10 nitrogen and oxygen atoms in total. The van der Waals surface area contributed by atoms with Gasteiger partial charge in [0, 0.05) is 37.7 Å². The van der Waals surface area contributed by atoms with Gasteiger partial charge in [0.15, 0.2) is 17.3 Å². The van der Waals surface area contributed by atoms with Crippen LogP contribution in [0.4, 0.5) is 0 Å². The number of nitrogens with zero attached hydrogens (tertiary/aromatic N) is 2. The first-order valence-corrected chi connectivity index (χ1v) is 11.4. The molecule has 3 aliphatic rings. The topological polar surface area (TPSA) is 116 Å². The van der Waals surface area contributed by atoms with Crippen molar-refractivity contribution < 1.29 is 33.4 Å². The van der Waals surface area contributed by atoms with E-state index in [9.17, 15) is 9.90 Å². The summed E-state index contributed by atoms with van der Waals surface area (Å²) in [6.45, 7) is 4.35. The number of ether oxygens (including phenoxy) is 4. The number of benzene rings is 1. The molecule has 0 unspecified atom stereocenters. The van der Waals surface area contributed by atoms with E-state index in [4.69, 9.17) is 23.5 Å². The highest BCUT2D eigenvalue weighted by Gasteiger charge is 2.31. The summed E-state index contributed by atoms with van der Waals surface area (Å²) < 4.78 is 27.6. The number of nitrogens with one attached hydrogen (secondary N) is 1. The first-order valence-electron chi connectivity index (χ1n) is 11.4. The van der Waals surface area contributed by atoms with Gasteiger partial charge in [-0.25, -0.2) is 0 Å². The first kappa shape index (κ1) is 22.1. The molecule has 4 heterocycles. The fraction of sp³-hybridized carbons (Fsp3) is 0.565. The number of morpholine rings is 1. The largest absolute Gasteiger partial charge is 0.454 e. The molecular formula is C23H29N3O7. The highest BCUT2D eigenvalue weighted by molar-refractivity contribution is 5.94. The second kappa shape index (κ2) is 10.1. The number of hydrogen-bond donors (Lipinski definition) is 2. The third kappa shape index (κ3) is 5.47. The quantitative estimate of drug-likeness (QED) is 0.628. The molecule has 0 radical (unpaired) electrons. The molecule has 0 saturated carbocycles. The number of carbonyl (C=O) groups excluding carboxylic acids is 1. The van der Waals surface area contributed by atoms with Crippen molar-refractivity contribution in [2.45, 2.75) is 44.1 Å². The molecule has 1 aromatic heterocycles. The summed E-state index contributed by atoms with van der Waals surface area (Å²) in [5.41, 5.74) is 1.30. The zero-order chi connectivity index (χ0) is 22.6. The van der Waals surface area contributed by atoms with Crippen LogP contribution in [0.25, 0.3) is 0 Å². The van der Waals surface area contributed by atoms with Gasteiger partial charge in [0.1, 0.15) is 6.10 Å². The minimum atomic E-state index is -0.632. The molecule has 10 heteroatoms. The van der Waals surface area contributed by atoms with Crippen LogP contribution in [0.5, 0.6) is 11.5 Å². The number of rotatable bonds is 7. The van der Waals surface area contributed by atoms with Gasteiger partial charge < -0.3 is 33.9 Å². The average molecular weight is 459 g/mol. The van der Waals surface area contributed by atoms with Crippen LogP contribution in [0.3, 0.4) is 0 Å². The highest BCUT2D eigenvalue weighted by Crippen LogP contribution is 2.32. The Kier molecular flexibility index (Phi) is 6.77. The lowest BCUT2D eigenvalue weighted by Gasteiger charge is -2.33. The van der Waals surface area contributed by atoms with Gasteiger partial charge in [0.05, 0.1) is 37.7 Å². The zero-order valence-corrected chi connectivity index (χ0v) is 18.4. The molecule has 2 fully saturated rings. The van der Waals surface area contributed by atoms with Crippen LogP contribution in [-0.4, -0.2) is 79.0 Å². The lowest BCUT2D eigenvalue weighted by Crippen LogP contribution is -2.46. The van der Waals surface area contributed by atoms with Gasteiger partial charge in [-0.15, -0.1) is 0 Å². The van der Waals surface area contributed by atoms with Gasteiger partial charge >= 0.3 is 0 Å². The summed E-state index contributed by atoms with van der Waals surface area (Å²) in [6.07, 6.45) is 0.718. The van der Waals surface area contributed by atoms with E-state index in [1.807, 2.05) is 6.07 Å². The Morgan fingerprint density at radius 1 is 1.15 bits per heavy atom. The summed E-state index contributed by atoms with van der Waals surface area (Å²) in [5.74, 6) is 1.75. The van der Waals surface area contributed by atoms with E-state index in [1.165, 1.54) is 0 Å². The molecule has 33 heavy (non-hydrogen) atoms. The predicted molar refractivity (Wildman–Crippen MR) is 115 cm³/mol. The van der Waals surface area contributed by atoms with Crippen molar-refractivity contribution in [3.63, 3.8) is 0 Å². The third-order valence-corrected chi connectivity index (χ3v) is 6.21. The molecule has 3 aliphatic heterocycles. The van der Waals surface area contributed by atoms with Gasteiger partial charge in [-0.05, 0) is 31.0 Å². The summed E-state index contributed by atoms with van der Waals surface area (Å²) >= 11 is 0. The van der Waals surface area contributed by atoms with Crippen LogP contribution in [0, 0.1) is 0 Å². The maximum atomic E-state index is 12.6.